The van der Waals surface area contributed by atoms with Crippen molar-refractivity contribution in [2.75, 3.05) is 42.7 Å². The van der Waals surface area contributed by atoms with Gasteiger partial charge in [-0.1, -0.05) is 0 Å². The van der Waals surface area contributed by atoms with Crippen LogP contribution >= 0.6 is 0 Å². The highest BCUT2D eigenvalue weighted by Crippen LogP contribution is 2.38. The van der Waals surface area contributed by atoms with Crippen LogP contribution in [-0.4, -0.2) is 48.6 Å². The van der Waals surface area contributed by atoms with E-state index >= 15 is 0 Å². The Bertz CT molecular complexity index is 1090. The number of benzene rings is 2. The Balaban J connectivity index is 1.73. The van der Waals surface area contributed by atoms with Crippen LogP contribution in [0, 0.1) is 0 Å². The minimum atomic E-state index is -0.353. The molecular formula is C25H29NO8. The topological polar surface area (TPSA) is 97.6 Å². The summed E-state index contributed by atoms with van der Waals surface area (Å²) in [5.74, 6) is 3.73. The SMILES string of the molecule is COc1cc(OC)c(Cc2ccc(C(=O)NCc3cc(OC)c(OC)c(OC)c3)o2)c(OC)c1. The zero-order valence-corrected chi connectivity index (χ0v) is 20.1. The van der Waals surface area contributed by atoms with Crippen molar-refractivity contribution in [3.05, 3.63) is 59.0 Å². The molecule has 1 N–H and O–H groups in total. The number of hydrogen-bond donors (Lipinski definition) is 1. The number of nitrogens with one attached hydrogen (secondary N) is 1. The lowest BCUT2D eigenvalue weighted by Crippen LogP contribution is -2.22. The number of ether oxygens (including phenoxy) is 6. The molecule has 2 aromatic carbocycles. The first kappa shape index (κ1) is 24.6. The average Bonchev–Trinajstić information content (AvgIpc) is 3.35. The summed E-state index contributed by atoms with van der Waals surface area (Å²) in [5.41, 5.74) is 1.56. The minimum Gasteiger partial charge on any atom is -0.496 e. The van der Waals surface area contributed by atoms with Crippen molar-refractivity contribution in [3.8, 4) is 34.5 Å². The maximum absolute atomic E-state index is 12.7. The van der Waals surface area contributed by atoms with Crippen molar-refractivity contribution >= 4 is 5.91 Å². The molecule has 0 saturated carbocycles. The highest BCUT2D eigenvalue weighted by atomic mass is 16.5. The highest BCUT2D eigenvalue weighted by molar-refractivity contribution is 5.91. The van der Waals surface area contributed by atoms with E-state index in [0.717, 1.165) is 11.1 Å². The first-order valence-electron chi connectivity index (χ1n) is 10.4. The molecule has 9 nitrogen and oxygen atoms in total. The van der Waals surface area contributed by atoms with E-state index in [2.05, 4.69) is 5.32 Å². The standard InChI is InChI=1S/C25H29NO8/c1-28-17-12-20(29-2)18(21(13-17)30-3)11-16-7-8-19(34-16)25(27)26-14-15-9-22(31-4)24(33-6)23(10-15)32-5/h7-10,12-13H,11,14H2,1-6H3,(H,26,27). The zero-order chi connectivity index (χ0) is 24.7. The molecule has 0 spiro atoms. The van der Waals surface area contributed by atoms with Gasteiger partial charge in [-0.15, -0.1) is 0 Å². The molecule has 0 aliphatic heterocycles. The van der Waals surface area contributed by atoms with Crippen molar-refractivity contribution in [2.45, 2.75) is 13.0 Å². The molecule has 0 aliphatic rings. The van der Waals surface area contributed by atoms with Gasteiger partial charge in [-0.05, 0) is 29.8 Å². The smallest absolute Gasteiger partial charge is 0.287 e. The van der Waals surface area contributed by atoms with Crippen LogP contribution in [0.4, 0.5) is 0 Å². The van der Waals surface area contributed by atoms with Gasteiger partial charge in [0.25, 0.3) is 5.91 Å². The Morgan fingerprint density at radius 3 is 1.85 bits per heavy atom. The molecule has 3 rings (SSSR count). The molecule has 3 aromatic rings. The van der Waals surface area contributed by atoms with Crippen LogP contribution in [0.5, 0.6) is 34.5 Å². The molecular weight excluding hydrogens is 442 g/mol. The van der Waals surface area contributed by atoms with Crippen molar-refractivity contribution in [3.63, 3.8) is 0 Å². The maximum atomic E-state index is 12.7. The third-order valence-electron chi connectivity index (χ3n) is 5.23. The van der Waals surface area contributed by atoms with Gasteiger partial charge < -0.3 is 38.2 Å². The van der Waals surface area contributed by atoms with Crippen molar-refractivity contribution in [1.29, 1.82) is 0 Å². The lowest BCUT2D eigenvalue weighted by Gasteiger charge is -2.14. The predicted molar refractivity (Wildman–Crippen MR) is 125 cm³/mol. The molecule has 34 heavy (non-hydrogen) atoms. The highest BCUT2D eigenvalue weighted by Gasteiger charge is 2.18. The zero-order valence-electron chi connectivity index (χ0n) is 20.1. The number of furan rings is 1. The third-order valence-corrected chi connectivity index (χ3v) is 5.23. The maximum Gasteiger partial charge on any atom is 0.287 e. The summed E-state index contributed by atoms with van der Waals surface area (Å²) in [4.78, 5) is 12.7. The molecule has 0 aliphatic carbocycles. The van der Waals surface area contributed by atoms with Crippen LogP contribution in [0.15, 0.2) is 40.8 Å². The van der Waals surface area contributed by atoms with Crippen LogP contribution in [0.2, 0.25) is 0 Å². The second-order valence-corrected chi connectivity index (χ2v) is 7.17. The van der Waals surface area contributed by atoms with E-state index in [9.17, 15) is 4.79 Å². The number of carbonyl (C=O) groups is 1. The Kier molecular flexibility index (Phi) is 8.13. The van der Waals surface area contributed by atoms with Gasteiger partial charge in [0, 0.05) is 30.7 Å². The number of amides is 1. The quantitative estimate of drug-likeness (QED) is 0.450. The van der Waals surface area contributed by atoms with Gasteiger partial charge >= 0.3 is 0 Å². The van der Waals surface area contributed by atoms with Gasteiger partial charge in [-0.25, -0.2) is 0 Å². The molecule has 1 heterocycles. The monoisotopic (exact) mass is 471 g/mol. The third kappa shape index (κ3) is 5.31. The molecule has 0 bridgehead atoms. The summed E-state index contributed by atoms with van der Waals surface area (Å²) in [6.45, 7) is 0.242. The molecule has 0 fully saturated rings. The van der Waals surface area contributed by atoms with Gasteiger partial charge in [0.15, 0.2) is 17.3 Å². The van der Waals surface area contributed by atoms with Gasteiger partial charge in [0.05, 0.1) is 42.7 Å². The van der Waals surface area contributed by atoms with Crippen LogP contribution in [0.25, 0.3) is 0 Å². The Labute approximate surface area is 198 Å². The number of carbonyl (C=O) groups excluding carboxylic acids is 1. The van der Waals surface area contributed by atoms with E-state index < -0.39 is 0 Å². The van der Waals surface area contributed by atoms with Crippen LogP contribution in [0.1, 0.15) is 27.4 Å². The summed E-state index contributed by atoms with van der Waals surface area (Å²) in [5, 5.41) is 2.84. The van der Waals surface area contributed by atoms with Gasteiger partial charge in [0.2, 0.25) is 5.75 Å². The average molecular weight is 472 g/mol. The summed E-state index contributed by atoms with van der Waals surface area (Å²) in [6.07, 6.45) is 0.372. The molecule has 0 atom stereocenters. The van der Waals surface area contributed by atoms with Gasteiger partial charge in [0.1, 0.15) is 23.0 Å². The molecule has 1 amide bonds. The fourth-order valence-corrected chi connectivity index (χ4v) is 3.53. The van der Waals surface area contributed by atoms with Crippen LogP contribution in [-0.2, 0) is 13.0 Å². The first-order chi connectivity index (χ1) is 16.5. The van der Waals surface area contributed by atoms with Crippen LogP contribution < -0.4 is 33.7 Å². The Morgan fingerprint density at radius 2 is 1.35 bits per heavy atom. The fraction of sp³-hybridized carbons (Fsp3) is 0.320. The second kappa shape index (κ2) is 11.2. The van der Waals surface area contributed by atoms with Crippen molar-refractivity contribution < 1.29 is 37.6 Å². The second-order valence-electron chi connectivity index (χ2n) is 7.17. The molecule has 0 radical (unpaired) electrons. The summed E-state index contributed by atoms with van der Waals surface area (Å²) in [7, 11) is 9.33. The van der Waals surface area contributed by atoms with E-state index in [1.54, 1.807) is 57.7 Å². The summed E-state index contributed by atoms with van der Waals surface area (Å²) >= 11 is 0. The number of methoxy groups -OCH3 is 6. The first-order valence-corrected chi connectivity index (χ1v) is 10.4. The number of rotatable bonds is 11. The normalized spacial score (nSPS) is 10.4. The Hall–Kier alpha value is -4.01. The number of hydrogen-bond acceptors (Lipinski definition) is 8. The Morgan fingerprint density at radius 1 is 0.765 bits per heavy atom. The fourth-order valence-electron chi connectivity index (χ4n) is 3.53. The molecule has 9 heteroatoms. The molecule has 182 valence electrons. The van der Waals surface area contributed by atoms with Gasteiger partial charge in [-0.3, -0.25) is 4.79 Å². The predicted octanol–water partition coefficient (Wildman–Crippen LogP) is 3.85. The van der Waals surface area contributed by atoms with E-state index in [0.29, 0.717) is 46.7 Å². The molecule has 1 aromatic heterocycles. The van der Waals surface area contributed by atoms with Crippen molar-refractivity contribution in [1.82, 2.24) is 5.32 Å². The molecule has 0 saturated heterocycles. The van der Waals surface area contributed by atoms with Crippen LogP contribution in [0.3, 0.4) is 0 Å². The summed E-state index contributed by atoms with van der Waals surface area (Å²) < 4.78 is 38.1. The molecule has 0 unspecified atom stereocenters. The largest absolute Gasteiger partial charge is 0.496 e. The summed E-state index contributed by atoms with van der Waals surface area (Å²) in [6, 6.07) is 10.5. The van der Waals surface area contributed by atoms with Crippen molar-refractivity contribution in [2.24, 2.45) is 0 Å². The lowest BCUT2D eigenvalue weighted by atomic mass is 10.1. The van der Waals surface area contributed by atoms with E-state index in [-0.39, 0.29) is 18.2 Å². The van der Waals surface area contributed by atoms with E-state index in [1.807, 2.05) is 0 Å². The van der Waals surface area contributed by atoms with Gasteiger partial charge in [-0.2, -0.15) is 0 Å². The van der Waals surface area contributed by atoms with E-state index in [1.165, 1.54) is 21.3 Å². The minimum absolute atomic E-state index is 0.189. The van der Waals surface area contributed by atoms with E-state index in [4.69, 9.17) is 32.8 Å². The lowest BCUT2D eigenvalue weighted by molar-refractivity contribution is 0.0921.